The van der Waals surface area contributed by atoms with Crippen LogP contribution in [0.2, 0.25) is 0 Å². The zero-order valence-electron chi connectivity index (χ0n) is 13.4. The summed E-state index contributed by atoms with van der Waals surface area (Å²) in [5.41, 5.74) is 1.40. The van der Waals surface area contributed by atoms with Crippen molar-refractivity contribution in [1.82, 2.24) is 4.90 Å². The van der Waals surface area contributed by atoms with Gasteiger partial charge in [-0.1, -0.05) is 0 Å². The fourth-order valence-corrected chi connectivity index (χ4v) is 4.36. The minimum Gasteiger partial charge on any atom is -0.472 e. The summed E-state index contributed by atoms with van der Waals surface area (Å²) in [4.78, 5) is 27.2. The van der Waals surface area contributed by atoms with Crippen molar-refractivity contribution in [3.8, 4) is 0 Å². The maximum absolute atomic E-state index is 13.0. The first-order valence-corrected chi connectivity index (χ1v) is 9.20. The molecule has 7 heteroatoms. The van der Waals surface area contributed by atoms with Crippen molar-refractivity contribution < 1.29 is 18.4 Å². The van der Waals surface area contributed by atoms with Gasteiger partial charge < -0.3 is 14.6 Å². The van der Waals surface area contributed by atoms with Crippen LogP contribution in [0.1, 0.15) is 23.8 Å². The third-order valence-electron chi connectivity index (χ3n) is 4.42. The highest BCUT2D eigenvalue weighted by Gasteiger charge is 2.46. The number of carbonyl (C=O) groups is 2. The molecular weight excluding hydrogens is 343 g/mol. The summed E-state index contributed by atoms with van der Waals surface area (Å²) < 4.78 is 18.2. The Balaban J connectivity index is 1.55. The molecule has 1 saturated carbocycles. The number of anilines is 1. The molecule has 1 aliphatic carbocycles. The van der Waals surface area contributed by atoms with Crippen molar-refractivity contribution in [3.05, 3.63) is 54.2 Å². The van der Waals surface area contributed by atoms with Gasteiger partial charge in [-0.25, -0.2) is 4.39 Å². The summed E-state index contributed by atoms with van der Waals surface area (Å²) in [5, 5.41) is 2.57. The van der Waals surface area contributed by atoms with E-state index in [4.69, 9.17) is 4.42 Å². The molecule has 0 radical (unpaired) electrons. The molecule has 0 spiro atoms. The maximum Gasteiger partial charge on any atom is 0.248 e. The number of thioether (sulfide) groups is 1. The van der Waals surface area contributed by atoms with Crippen molar-refractivity contribution in [2.45, 2.75) is 24.3 Å². The number of carbonyl (C=O) groups excluding carboxylic acids is 2. The Hall–Kier alpha value is -2.28. The van der Waals surface area contributed by atoms with E-state index in [9.17, 15) is 14.0 Å². The van der Waals surface area contributed by atoms with E-state index in [0.29, 0.717) is 11.4 Å². The van der Waals surface area contributed by atoms with Crippen molar-refractivity contribution in [2.75, 3.05) is 11.1 Å². The zero-order chi connectivity index (χ0) is 17.4. The predicted octanol–water partition coefficient (Wildman–Crippen LogP) is 3.41. The van der Waals surface area contributed by atoms with Crippen LogP contribution >= 0.6 is 11.8 Å². The van der Waals surface area contributed by atoms with Crippen LogP contribution < -0.4 is 5.32 Å². The second-order valence-corrected chi connectivity index (χ2v) is 7.39. The average molecular weight is 360 g/mol. The van der Waals surface area contributed by atoms with Gasteiger partial charge in [0.15, 0.2) is 0 Å². The van der Waals surface area contributed by atoms with Gasteiger partial charge in [-0.05, 0) is 43.2 Å². The topological polar surface area (TPSA) is 62.6 Å². The van der Waals surface area contributed by atoms with E-state index < -0.39 is 6.04 Å². The molecule has 2 aromatic rings. The average Bonchev–Trinajstić information content (AvgIpc) is 3.14. The molecule has 2 heterocycles. The third kappa shape index (κ3) is 3.28. The molecule has 5 nitrogen and oxygen atoms in total. The molecule has 25 heavy (non-hydrogen) atoms. The quantitative estimate of drug-likeness (QED) is 0.908. The lowest BCUT2D eigenvalue weighted by atomic mass is 10.2. The molecule has 1 aromatic carbocycles. The highest BCUT2D eigenvalue weighted by atomic mass is 32.2. The lowest BCUT2D eigenvalue weighted by molar-refractivity contribution is -0.139. The fourth-order valence-electron chi connectivity index (χ4n) is 2.95. The Morgan fingerprint density at radius 2 is 1.96 bits per heavy atom. The van der Waals surface area contributed by atoms with E-state index in [1.807, 2.05) is 6.07 Å². The Morgan fingerprint density at radius 3 is 2.60 bits per heavy atom. The van der Waals surface area contributed by atoms with Crippen LogP contribution in [0.5, 0.6) is 0 Å². The molecule has 2 atom stereocenters. The molecule has 4 rings (SSSR count). The normalized spacial score (nSPS) is 22.8. The first-order chi connectivity index (χ1) is 12.1. The molecule has 2 aliphatic rings. The molecule has 2 fully saturated rings. The van der Waals surface area contributed by atoms with Gasteiger partial charge in [0.1, 0.15) is 17.2 Å². The van der Waals surface area contributed by atoms with Crippen LogP contribution in [0, 0.1) is 11.7 Å². The van der Waals surface area contributed by atoms with Gasteiger partial charge in [0.2, 0.25) is 11.8 Å². The zero-order valence-corrected chi connectivity index (χ0v) is 14.2. The van der Waals surface area contributed by atoms with Gasteiger partial charge >= 0.3 is 0 Å². The molecule has 1 saturated heterocycles. The van der Waals surface area contributed by atoms with Crippen LogP contribution in [-0.2, 0) is 9.59 Å². The predicted molar refractivity (Wildman–Crippen MR) is 92.3 cm³/mol. The van der Waals surface area contributed by atoms with Gasteiger partial charge in [-0.2, -0.15) is 0 Å². The molecule has 130 valence electrons. The second kappa shape index (κ2) is 6.55. The highest BCUT2D eigenvalue weighted by molar-refractivity contribution is 7.99. The van der Waals surface area contributed by atoms with E-state index in [-0.39, 0.29) is 28.9 Å². The van der Waals surface area contributed by atoms with Crippen LogP contribution in [-0.4, -0.2) is 28.5 Å². The van der Waals surface area contributed by atoms with Crippen LogP contribution in [0.4, 0.5) is 10.1 Å². The number of hydrogen-bond acceptors (Lipinski definition) is 4. The van der Waals surface area contributed by atoms with Crippen LogP contribution in [0.15, 0.2) is 47.3 Å². The summed E-state index contributed by atoms with van der Waals surface area (Å²) in [6.45, 7) is 0. The molecular formula is C18H17FN2O3S. The molecule has 1 aliphatic heterocycles. The van der Waals surface area contributed by atoms with Crippen molar-refractivity contribution >= 4 is 29.3 Å². The monoisotopic (exact) mass is 360 g/mol. The summed E-state index contributed by atoms with van der Waals surface area (Å²) in [5.74, 6) is -0.0507. The third-order valence-corrected chi connectivity index (χ3v) is 5.75. The Labute approximate surface area is 148 Å². The summed E-state index contributed by atoms with van der Waals surface area (Å²) in [7, 11) is 0. The van der Waals surface area contributed by atoms with E-state index in [2.05, 4.69) is 5.32 Å². The Kier molecular flexibility index (Phi) is 4.25. The summed E-state index contributed by atoms with van der Waals surface area (Å²) in [6, 6.07) is 6.88. The minimum absolute atomic E-state index is 0.0224. The second-order valence-electron chi connectivity index (χ2n) is 6.27. The molecule has 2 amide bonds. The van der Waals surface area contributed by atoms with E-state index in [1.54, 1.807) is 29.2 Å². The number of rotatable bonds is 4. The smallest absolute Gasteiger partial charge is 0.248 e. The fraction of sp³-hybridized carbons (Fsp3) is 0.333. The summed E-state index contributed by atoms with van der Waals surface area (Å²) >= 11 is 1.56. The first kappa shape index (κ1) is 16.2. The lowest BCUT2D eigenvalue weighted by Crippen LogP contribution is -2.46. The number of halogens is 1. The summed E-state index contributed by atoms with van der Waals surface area (Å²) in [6.07, 6.45) is 4.95. The number of benzene rings is 1. The number of amides is 2. The van der Waals surface area contributed by atoms with Gasteiger partial charge in [0, 0.05) is 22.9 Å². The van der Waals surface area contributed by atoms with Gasteiger partial charge in [-0.15, -0.1) is 11.8 Å². The number of nitrogens with zero attached hydrogens (tertiary/aromatic N) is 1. The van der Waals surface area contributed by atoms with E-state index in [1.165, 1.54) is 24.3 Å². The first-order valence-electron chi connectivity index (χ1n) is 8.16. The number of hydrogen-bond donors (Lipinski definition) is 1. The van der Waals surface area contributed by atoms with E-state index in [0.717, 1.165) is 18.4 Å². The minimum atomic E-state index is -0.553. The molecule has 1 N–H and O–H groups in total. The van der Waals surface area contributed by atoms with Crippen LogP contribution in [0.25, 0.3) is 0 Å². The van der Waals surface area contributed by atoms with Crippen molar-refractivity contribution in [2.24, 2.45) is 5.92 Å². The lowest BCUT2D eigenvalue weighted by Gasteiger charge is -2.28. The van der Waals surface area contributed by atoms with E-state index >= 15 is 0 Å². The Bertz CT molecular complexity index is 774. The highest BCUT2D eigenvalue weighted by Crippen LogP contribution is 2.45. The maximum atomic E-state index is 13.0. The van der Waals surface area contributed by atoms with Gasteiger partial charge in [0.05, 0.1) is 12.5 Å². The van der Waals surface area contributed by atoms with Crippen molar-refractivity contribution in [1.29, 1.82) is 0 Å². The molecule has 0 bridgehead atoms. The van der Waals surface area contributed by atoms with Gasteiger partial charge in [-0.3, -0.25) is 9.59 Å². The van der Waals surface area contributed by atoms with Crippen LogP contribution in [0.3, 0.4) is 0 Å². The van der Waals surface area contributed by atoms with Crippen molar-refractivity contribution in [3.63, 3.8) is 0 Å². The standard InChI is InChI=1S/C18H17FN2O3S/c19-13-3-5-14(6-4-13)20-16(22)15-10-25-18(12-7-8-24-9-12)21(15)17(23)11-1-2-11/h3-9,11,15,18H,1-2,10H2,(H,20,22). The number of nitrogens with one attached hydrogen (secondary N) is 1. The number of furan rings is 1. The van der Waals surface area contributed by atoms with Gasteiger partial charge in [0.25, 0.3) is 0 Å². The Morgan fingerprint density at radius 1 is 1.20 bits per heavy atom. The molecule has 1 aromatic heterocycles. The molecule has 2 unspecified atom stereocenters. The largest absolute Gasteiger partial charge is 0.472 e. The SMILES string of the molecule is O=C(Nc1ccc(F)cc1)C1CSC(c2ccoc2)N1C(=O)C1CC1.